The van der Waals surface area contributed by atoms with E-state index in [-0.39, 0.29) is 22.8 Å². The monoisotopic (exact) mass is 459 g/mol. The Hall–Kier alpha value is -3.77. The van der Waals surface area contributed by atoms with Crippen LogP contribution in [-0.4, -0.2) is 29.3 Å². The van der Waals surface area contributed by atoms with Crippen LogP contribution in [0.3, 0.4) is 0 Å². The van der Waals surface area contributed by atoms with Crippen molar-refractivity contribution in [1.29, 1.82) is 0 Å². The highest BCUT2D eigenvalue weighted by atomic mass is 16.6. The van der Waals surface area contributed by atoms with Crippen molar-refractivity contribution in [2.75, 3.05) is 0 Å². The number of esters is 2. The van der Waals surface area contributed by atoms with Gasteiger partial charge in [0.1, 0.15) is 0 Å². The van der Waals surface area contributed by atoms with Crippen molar-refractivity contribution in [3.05, 3.63) is 95.6 Å². The summed E-state index contributed by atoms with van der Waals surface area (Å²) in [4.78, 5) is 38.5. The third-order valence-electron chi connectivity index (χ3n) is 4.98. The maximum Gasteiger partial charge on any atom is 0.343 e. The molecule has 3 aromatic rings. The summed E-state index contributed by atoms with van der Waals surface area (Å²) >= 11 is 0. The van der Waals surface area contributed by atoms with Crippen molar-refractivity contribution >= 4 is 17.7 Å². The van der Waals surface area contributed by atoms with E-state index >= 15 is 0 Å². The average Bonchev–Trinajstić information content (AvgIpc) is 2.83. The lowest BCUT2D eigenvalue weighted by Gasteiger charge is -2.27. The first-order valence-corrected chi connectivity index (χ1v) is 11.2. The second-order valence-electron chi connectivity index (χ2n) is 8.89. The molecular formula is C28H29NO5. The first-order chi connectivity index (χ1) is 16.2. The van der Waals surface area contributed by atoms with E-state index in [0.717, 1.165) is 0 Å². The number of Topliss-reactive ketones (excluding diaryl/α,β-unsaturated/α-hetero) is 1. The number of ketones is 1. The molecule has 0 aliphatic heterocycles. The molecule has 176 valence electrons. The molecule has 3 aromatic carbocycles. The van der Waals surface area contributed by atoms with Crippen molar-refractivity contribution in [2.24, 2.45) is 0 Å². The lowest BCUT2D eigenvalue weighted by molar-refractivity contribution is 0.0682. The smallest absolute Gasteiger partial charge is 0.343 e. The Labute approximate surface area is 199 Å². The van der Waals surface area contributed by atoms with Gasteiger partial charge in [-0.25, -0.2) is 9.59 Å². The zero-order chi connectivity index (χ0) is 24.7. The largest absolute Gasteiger partial charge is 0.419 e. The van der Waals surface area contributed by atoms with Crippen LogP contribution in [0.15, 0.2) is 78.9 Å². The first kappa shape index (κ1) is 24.9. The zero-order valence-electron chi connectivity index (χ0n) is 19.8. The summed E-state index contributed by atoms with van der Waals surface area (Å²) in [5, 5.41) is 3.32. The van der Waals surface area contributed by atoms with E-state index < -0.39 is 18.0 Å². The van der Waals surface area contributed by atoms with Gasteiger partial charge in [-0.15, -0.1) is 0 Å². The Morgan fingerprint density at radius 2 is 1.24 bits per heavy atom. The molecule has 0 saturated heterocycles. The molecule has 6 heteroatoms. The number of carbonyl (C=O) groups is 3. The molecule has 0 aliphatic carbocycles. The van der Waals surface area contributed by atoms with Gasteiger partial charge in [-0.2, -0.15) is 0 Å². The number of ether oxygens (including phenoxy) is 2. The highest BCUT2D eigenvalue weighted by Crippen LogP contribution is 2.31. The molecule has 1 unspecified atom stereocenters. The van der Waals surface area contributed by atoms with Crippen molar-refractivity contribution in [3.8, 4) is 11.5 Å². The maximum absolute atomic E-state index is 13.2. The van der Waals surface area contributed by atoms with Gasteiger partial charge in [0.15, 0.2) is 17.3 Å². The predicted octanol–water partition coefficient (Wildman–Crippen LogP) is 5.47. The molecule has 0 fully saturated rings. The van der Waals surface area contributed by atoms with Gasteiger partial charge in [-0.3, -0.25) is 4.79 Å². The molecule has 1 atom stereocenters. The van der Waals surface area contributed by atoms with Crippen molar-refractivity contribution in [1.82, 2.24) is 5.32 Å². The lowest BCUT2D eigenvalue weighted by Crippen LogP contribution is -2.47. The molecule has 6 nitrogen and oxygen atoms in total. The Balaban J connectivity index is 1.94. The van der Waals surface area contributed by atoms with Crippen LogP contribution in [0.4, 0.5) is 0 Å². The van der Waals surface area contributed by atoms with Crippen molar-refractivity contribution in [2.45, 2.75) is 45.7 Å². The van der Waals surface area contributed by atoms with Gasteiger partial charge in [0.25, 0.3) is 0 Å². The predicted molar refractivity (Wildman–Crippen MR) is 131 cm³/mol. The molecule has 34 heavy (non-hydrogen) atoms. The normalized spacial score (nSPS) is 12.0. The number of benzene rings is 3. The standard InChI is InChI=1S/C28H29NO5/c1-5-22(29-28(2,3)4)25(30)21-16-17-23(33-26(31)19-12-8-6-9-13-19)24(18-21)34-27(32)20-14-10-7-11-15-20/h6-18,22,29H,5H2,1-4H3. The summed E-state index contributed by atoms with van der Waals surface area (Å²) in [5.41, 5.74) is 0.771. The molecule has 0 spiro atoms. The molecular weight excluding hydrogens is 430 g/mol. The number of hydrogen-bond acceptors (Lipinski definition) is 6. The highest BCUT2D eigenvalue weighted by molar-refractivity contribution is 6.01. The molecule has 3 rings (SSSR count). The van der Waals surface area contributed by atoms with Gasteiger partial charge < -0.3 is 14.8 Å². The minimum Gasteiger partial charge on any atom is -0.419 e. The van der Waals surface area contributed by atoms with Gasteiger partial charge in [0, 0.05) is 11.1 Å². The number of hydrogen-bond donors (Lipinski definition) is 1. The van der Waals surface area contributed by atoms with Crippen LogP contribution in [-0.2, 0) is 0 Å². The fourth-order valence-corrected chi connectivity index (χ4v) is 3.37. The minimum atomic E-state index is -0.623. The van der Waals surface area contributed by atoms with Crippen LogP contribution in [0, 0.1) is 0 Å². The van der Waals surface area contributed by atoms with Crippen LogP contribution >= 0.6 is 0 Å². The van der Waals surface area contributed by atoms with Gasteiger partial charge in [-0.1, -0.05) is 43.3 Å². The quantitative estimate of drug-likeness (QED) is 0.273. The Morgan fingerprint density at radius 3 is 1.71 bits per heavy atom. The lowest BCUT2D eigenvalue weighted by atomic mass is 9.98. The van der Waals surface area contributed by atoms with Crippen molar-refractivity contribution in [3.63, 3.8) is 0 Å². The van der Waals surface area contributed by atoms with E-state index in [0.29, 0.717) is 23.1 Å². The van der Waals surface area contributed by atoms with Crippen LogP contribution in [0.1, 0.15) is 65.2 Å². The Morgan fingerprint density at radius 1 is 0.735 bits per heavy atom. The van der Waals surface area contributed by atoms with Crippen LogP contribution in [0.25, 0.3) is 0 Å². The van der Waals surface area contributed by atoms with Gasteiger partial charge in [-0.05, 0) is 69.7 Å². The molecule has 0 saturated carbocycles. The van der Waals surface area contributed by atoms with E-state index in [9.17, 15) is 14.4 Å². The zero-order valence-corrected chi connectivity index (χ0v) is 19.8. The third-order valence-corrected chi connectivity index (χ3v) is 4.98. The molecule has 0 bridgehead atoms. The Bertz CT molecular complexity index is 1150. The summed E-state index contributed by atoms with van der Waals surface area (Å²) in [5.74, 6) is -1.32. The van der Waals surface area contributed by atoms with Gasteiger partial charge >= 0.3 is 11.9 Å². The summed E-state index contributed by atoms with van der Waals surface area (Å²) in [7, 11) is 0. The number of carbonyl (C=O) groups excluding carboxylic acids is 3. The van der Waals surface area contributed by atoms with Gasteiger partial charge in [0.2, 0.25) is 0 Å². The van der Waals surface area contributed by atoms with E-state index in [2.05, 4.69) is 5.32 Å². The highest BCUT2D eigenvalue weighted by Gasteiger charge is 2.25. The van der Waals surface area contributed by atoms with E-state index in [4.69, 9.17) is 9.47 Å². The fourth-order valence-electron chi connectivity index (χ4n) is 3.37. The number of nitrogens with one attached hydrogen (secondary N) is 1. The topological polar surface area (TPSA) is 81.7 Å². The van der Waals surface area contributed by atoms with E-state index in [1.165, 1.54) is 12.1 Å². The molecule has 0 aliphatic rings. The number of rotatable bonds is 8. The molecule has 0 radical (unpaired) electrons. The van der Waals surface area contributed by atoms with Crippen LogP contribution in [0.2, 0.25) is 0 Å². The molecule has 0 aromatic heterocycles. The van der Waals surface area contributed by atoms with Crippen molar-refractivity contribution < 1.29 is 23.9 Å². The van der Waals surface area contributed by atoms with Crippen LogP contribution < -0.4 is 14.8 Å². The first-order valence-electron chi connectivity index (χ1n) is 11.2. The second-order valence-corrected chi connectivity index (χ2v) is 8.89. The maximum atomic E-state index is 13.2. The Kier molecular flexibility index (Phi) is 7.97. The average molecular weight is 460 g/mol. The molecule has 0 amide bonds. The second kappa shape index (κ2) is 10.9. The summed E-state index contributed by atoms with van der Waals surface area (Å²) < 4.78 is 11.1. The van der Waals surface area contributed by atoms with E-state index in [1.807, 2.05) is 27.7 Å². The molecule has 0 heterocycles. The van der Waals surface area contributed by atoms with Crippen LogP contribution in [0.5, 0.6) is 11.5 Å². The SMILES string of the molecule is CCC(NC(C)(C)C)C(=O)c1ccc(OC(=O)c2ccccc2)c(OC(=O)c2ccccc2)c1. The summed E-state index contributed by atoms with van der Waals surface area (Å²) in [6.45, 7) is 7.89. The molecule has 1 N–H and O–H groups in total. The minimum absolute atomic E-state index is 0.00500. The summed E-state index contributed by atoms with van der Waals surface area (Å²) in [6, 6.07) is 21.0. The van der Waals surface area contributed by atoms with E-state index in [1.54, 1.807) is 66.7 Å². The fraction of sp³-hybridized carbons (Fsp3) is 0.250. The summed E-state index contributed by atoms with van der Waals surface area (Å²) in [6.07, 6.45) is 0.583. The van der Waals surface area contributed by atoms with Gasteiger partial charge in [0.05, 0.1) is 17.2 Å². The third kappa shape index (κ3) is 6.62.